The van der Waals surface area contributed by atoms with Crippen LogP contribution >= 0.6 is 0 Å². The van der Waals surface area contributed by atoms with Gasteiger partial charge in [-0.25, -0.2) is 14.6 Å². The second-order valence-corrected chi connectivity index (χ2v) is 10.3. The number of hydrogen-bond donors (Lipinski definition) is 1. The molecule has 0 atom stereocenters. The number of carbonyl (C=O) groups is 2. The molecular formula is C35H33N5O6. The van der Waals surface area contributed by atoms with E-state index in [0.29, 0.717) is 69.2 Å². The Hall–Kier alpha value is -5.71. The molecule has 0 radical (unpaired) electrons. The van der Waals surface area contributed by atoms with Gasteiger partial charge in [0.05, 0.1) is 60.9 Å². The zero-order chi connectivity index (χ0) is 32.2. The largest absolute Gasteiger partial charge is 0.497 e. The fraction of sp³-hybridized carbons (Fsp3) is 0.229. The first-order chi connectivity index (χ1) is 22.5. The lowest BCUT2D eigenvalue weighted by atomic mass is 10.1. The van der Waals surface area contributed by atoms with Crippen LogP contribution in [0.5, 0.6) is 11.5 Å². The quantitative estimate of drug-likeness (QED) is 0.169. The molecule has 0 unspecified atom stereocenters. The molecular weight excluding hydrogens is 586 g/mol. The first-order valence-electron chi connectivity index (χ1n) is 15.0. The zero-order valence-corrected chi connectivity index (χ0v) is 26.0. The Morgan fingerprint density at radius 1 is 0.761 bits per heavy atom. The molecule has 0 aliphatic rings. The number of carbonyl (C=O) groups excluding carboxylic acids is 2. The highest BCUT2D eigenvalue weighted by Crippen LogP contribution is 2.34. The van der Waals surface area contributed by atoms with Crippen molar-refractivity contribution in [2.75, 3.05) is 39.3 Å². The second kappa shape index (κ2) is 13.1. The van der Waals surface area contributed by atoms with Crippen LogP contribution in [0.4, 0.5) is 5.69 Å². The van der Waals surface area contributed by atoms with Crippen molar-refractivity contribution in [2.45, 2.75) is 20.3 Å². The number of pyridine rings is 2. The normalized spacial score (nSPS) is 11.1. The molecule has 0 amide bonds. The fourth-order valence-electron chi connectivity index (χ4n) is 5.53. The number of aromatic nitrogens is 4. The van der Waals surface area contributed by atoms with Crippen LogP contribution in [-0.4, -0.2) is 65.4 Å². The summed E-state index contributed by atoms with van der Waals surface area (Å²) in [5.41, 5.74) is 4.73. The molecule has 6 aromatic rings. The van der Waals surface area contributed by atoms with Gasteiger partial charge in [0, 0.05) is 36.1 Å². The van der Waals surface area contributed by atoms with Gasteiger partial charge in [0.2, 0.25) is 0 Å². The van der Waals surface area contributed by atoms with Crippen molar-refractivity contribution >= 4 is 50.5 Å². The monoisotopic (exact) mass is 619 g/mol. The highest BCUT2D eigenvalue weighted by atomic mass is 16.5. The van der Waals surface area contributed by atoms with E-state index in [1.165, 1.54) is 6.20 Å². The maximum Gasteiger partial charge on any atom is 0.341 e. The lowest BCUT2D eigenvalue weighted by molar-refractivity contribution is 0.0517. The van der Waals surface area contributed by atoms with E-state index in [4.69, 9.17) is 23.9 Å². The van der Waals surface area contributed by atoms with Crippen molar-refractivity contribution in [1.29, 1.82) is 0 Å². The van der Waals surface area contributed by atoms with Gasteiger partial charge in [0.1, 0.15) is 28.5 Å². The van der Waals surface area contributed by atoms with Crippen molar-refractivity contribution < 1.29 is 28.5 Å². The predicted octanol–water partition coefficient (Wildman–Crippen LogP) is 6.15. The number of fused-ring (bicyclic) bond motifs is 3. The smallest absolute Gasteiger partial charge is 0.341 e. The number of para-hydroxylation sites is 2. The van der Waals surface area contributed by atoms with Gasteiger partial charge < -0.3 is 24.3 Å². The molecule has 0 aliphatic heterocycles. The van der Waals surface area contributed by atoms with E-state index < -0.39 is 11.9 Å². The Kier molecular flexibility index (Phi) is 8.64. The molecule has 0 saturated heterocycles. The summed E-state index contributed by atoms with van der Waals surface area (Å²) in [7, 11) is 3.18. The summed E-state index contributed by atoms with van der Waals surface area (Å²) in [5.74, 6) is 0.962. The van der Waals surface area contributed by atoms with Gasteiger partial charge in [0.25, 0.3) is 0 Å². The van der Waals surface area contributed by atoms with Crippen molar-refractivity contribution in [2.24, 2.45) is 0 Å². The minimum Gasteiger partial charge on any atom is -0.497 e. The first-order valence-corrected chi connectivity index (χ1v) is 15.0. The van der Waals surface area contributed by atoms with Gasteiger partial charge in [-0.05, 0) is 62.4 Å². The van der Waals surface area contributed by atoms with Crippen molar-refractivity contribution in [3.05, 3.63) is 90.0 Å². The van der Waals surface area contributed by atoms with E-state index in [0.717, 1.165) is 16.4 Å². The van der Waals surface area contributed by atoms with Gasteiger partial charge in [-0.3, -0.25) is 14.5 Å². The first kappa shape index (κ1) is 30.3. The fourth-order valence-corrected chi connectivity index (χ4v) is 5.53. The van der Waals surface area contributed by atoms with Crippen molar-refractivity contribution in [3.8, 4) is 17.2 Å². The third kappa shape index (κ3) is 5.63. The topological polar surface area (TPSA) is 127 Å². The van der Waals surface area contributed by atoms with Crippen LogP contribution < -0.4 is 14.8 Å². The van der Waals surface area contributed by atoms with Crippen LogP contribution in [-0.2, 0) is 15.9 Å². The van der Waals surface area contributed by atoms with Crippen LogP contribution in [0.1, 0.15) is 40.4 Å². The molecule has 0 fully saturated rings. The molecule has 1 N–H and O–H groups in total. The van der Waals surface area contributed by atoms with Crippen LogP contribution in [0.15, 0.2) is 73.1 Å². The Morgan fingerprint density at radius 3 is 2.04 bits per heavy atom. The van der Waals surface area contributed by atoms with Gasteiger partial charge in [-0.15, -0.1) is 0 Å². The lowest BCUT2D eigenvalue weighted by Gasteiger charge is -2.18. The maximum absolute atomic E-state index is 13.3. The molecule has 3 aromatic carbocycles. The molecule has 0 aliphatic carbocycles. The van der Waals surface area contributed by atoms with Gasteiger partial charge in [-0.1, -0.05) is 12.1 Å². The van der Waals surface area contributed by atoms with Crippen LogP contribution in [0.25, 0.3) is 38.5 Å². The summed E-state index contributed by atoms with van der Waals surface area (Å²) >= 11 is 0. The van der Waals surface area contributed by atoms with Crippen LogP contribution in [0.2, 0.25) is 0 Å². The number of rotatable bonds is 11. The average Bonchev–Trinajstić information content (AvgIpc) is 3.45. The summed E-state index contributed by atoms with van der Waals surface area (Å²) in [6.45, 7) is 4.35. The second-order valence-electron chi connectivity index (χ2n) is 10.3. The Labute approximate surface area is 265 Å². The number of imidazole rings is 1. The van der Waals surface area contributed by atoms with Crippen LogP contribution in [0, 0.1) is 0 Å². The highest BCUT2D eigenvalue weighted by molar-refractivity contribution is 6.05. The highest BCUT2D eigenvalue weighted by Gasteiger charge is 2.24. The maximum atomic E-state index is 13.3. The number of benzene rings is 3. The molecule has 0 spiro atoms. The summed E-state index contributed by atoms with van der Waals surface area (Å²) in [5, 5.41) is 4.88. The SMILES string of the molecule is CCOC(=O)c1cnc2ccc(OC)cc2c1NCCc1nc2ccccc2n1-c1c(C(=O)OCC)cnc2ccc(OC)cc12. The molecule has 6 rings (SSSR count). The minimum absolute atomic E-state index is 0.212. The summed E-state index contributed by atoms with van der Waals surface area (Å²) in [6.07, 6.45) is 3.48. The Morgan fingerprint density at radius 2 is 1.37 bits per heavy atom. The predicted molar refractivity (Wildman–Crippen MR) is 175 cm³/mol. The van der Waals surface area contributed by atoms with Crippen LogP contribution in [0.3, 0.4) is 0 Å². The number of nitrogens with one attached hydrogen (secondary N) is 1. The zero-order valence-electron chi connectivity index (χ0n) is 26.0. The Balaban J connectivity index is 1.48. The molecule has 11 heteroatoms. The minimum atomic E-state index is -0.493. The molecule has 11 nitrogen and oxygen atoms in total. The van der Waals surface area contributed by atoms with E-state index >= 15 is 0 Å². The van der Waals surface area contributed by atoms with E-state index in [9.17, 15) is 9.59 Å². The summed E-state index contributed by atoms with van der Waals surface area (Å²) < 4.78 is 23.8. The van der Waals surface area contributed by atoms with Gasteiger partial charge >= 0.3 is 11.9 Å². The number of ether oxygens (including phenoxy) is 4. The van der Waals surface area contributed by atoms with E-state index in [1.807, 2.05) is 65.2 Å². The molecule has 3 aromatic heterocycles. The third-order valence-electron chi connectivity index (χ3n) is 7.62. The summed E-state index contributed by atoms with van der Waals surface area (Å²) in [6, 6.07) is 18.8. The summed E-state index contributed by atoms with van der Waals surface area (Å²) in [4.78, 5) is 40.3. The molecule has 0 saturated carbocycles. The van der Waals surface area contributed by atoms with Gasteiger partial charge in [0.15, 0.2) is 0 Å². The molecule has 3 heterocycles. The lowest BCUT2D eigenvalue weighted by Crippen LogP contribution is -2.16. The molecule has 0 bridgehead atoms. The van der Waals surface area contributed by atoms with E-state index in [2.05, 4.69) is 15.3 Å². The number of nitrogens with zero attached hydrogens (tertiary/aromatic N) is 4. The Bertz CT molecular complexity index is 2090. The number of methoxy groups -OCH3 is 2. The molecule has 234 valence electrons. The number of anilines is 1. The van der Waals surface area contributed by atoms with E-state index in [1.54, 1.807) is 34.3 Å². The number of esters is 2. The average molecular weight is 620 g/mol. The van der Waals surface area contributed by atoms with Crippen molar-refractivity contribution in [3.63, 3.8) is 0 Å². The number of hydrogen-bond acceptors (Lipinski definition) is 10. The third-order valence-corrected chi connectivity index (χ3v) is 7.62. The van der Waals surface area contributed by atoms with Crippen molar-refractivity contribution in [1.82, 2.24) is 19.5 Å². The molecule has 46 heavy (non-hydrogen) atoms. The van der Waals surface area contributed by atoms with Gasteiger partial charge in [-0.2, -0.15) is 0 Å². The standard InChI is InChI=1S/C35H33N5O6/c1-5-45-34(41)25-19-37-27-13-11-21(43-3)17-23(27)32(25)36-16-15-31-39-29-9-7-8-10-30(29)40(31)33-24-18-22(44-4)12-14-28(24)38-20-26(33)35(42)46-6-2/h7-14,17-20H,5-6,15-16H2,1-4H3,(H,36,37). The van der Waals surface area contributed by atoms with E-state index in [-0.39, 0.29) is 13.2 Å².